The number of benzene rings is 1. The van der Waals surface area contributed by atoms with E-state index in [4.69, 9.17) is 0 Å². The molecule has 66 valence electrons. The number of aryl methyl sites for hydroxylation is 1. The molecule has 0 atom stereocenters. The molecule has 1 aromatic carbocycles. The van der Waals surface area contributed by atoms with Crippen molar-refractivity contribution >= 4 is 15.6 Å². The molecule has 13 heavy (non-hydrogen) atoms. The molecule has 3 heteroatoms. The van der Waals surface area contributed by atoms with E-state index in [9.17, 15) is 0 Å². The van der Waals surface area contributed by atoms with E-state index in [2.05, 4.69) is 32.4 Å². The molecule has 0 spiro atoms. The first-order chi connectivity index (χ1) is 6.29. The van der Waals surface area contributed by atoms with E-state index < -0.39 is 0 Å². The molecular weight excluding hydrogens is 227 g/mol. The van der Waals surface area contributed by atoms with Gasteiger partial charge < -0.3 is 0 Å². The van der Waals surface area contributed by atoms with Crippen LogP contribution in [0.3, 0.4) is 0 Å². The SMILES string of the molecule is Cn1ccc(=[Se])n1-c1ccccc1. The summed E-state index contributed by atoms with van der Waals surface area (Å²) in [6, 6.07) is 12.3. The Hall–Kier alpha value is -1.05. The van der Waals surface area contributed by atoms with Gasteiger partial charge in [0.15, 0.2) is 0 Å². The van der Waals surface area contributed by atoms with Gasteiger partial charge in [0.05, 0.1) is 0 Å². The van der Waals surface area contributed by atoms with Crippen LogP contribution in [0.15, 0.2) is 42.6 Å². The van der Waals surface area contributed by atoms with Gasteiger partial charge in [-0.1, -0.05) is 0 Å². The molecule has 0 saturated heterocycles. The number of rotatable bonds is 1. The molecule has 1 heterocycles. The van der Waals surface area contributed by atoms with E-state index in [-0.39, 0.29) is 0 Å². The molecule has 0 saturated carbocycles. The molecule has 0 fully saturated rings. The van der Waals surface area contributed by atoms with Crippen molar-refractivity contribution in [3.8, 4) is 5.69 Å². The molecule has 0 amide bonds. The summed E-state index contributed by atoms with van der Waals surface area (Å²) in [4.78, 5) is 0. The second kappa shape index (κ2) is 3.36. The Bertz CT molecular complexity index is 453. The van der Waals surface area contributed by atoms with Gasteiger partial charge in [0, 0.05) is 0 Å². The average Bonchev–Trinajstić information content (AvgIpc) is 2.48. The quantitative estimate of drug-likeness (QED) is 0.665. The van der Waals surface area contributed by atoms with Crippen LogP contribution in [-0.2, 0) is 7.05 Å². The van der Waals surface area contributed by atoms with Crippen molar-refractivity contribution in [2.75, 3.05) is 0 Å². The summed E-state index contributed by atoms with van der Waals surface area (Å²) < 4.78 is 5.27. The topological polar surface area (TPSA) is 9.86 Å². The van der Waals surface area contributed by atoms with E-state index in [0.717, 1.165) is 4.19 Å². The Kier molecular flexibility index (Phi) is 2.21. The van der Waals surface area contributed by atoms with Gasteiger partial charge in [0.1, 0.15) is 0 Å². The first kappa shape index (κ1) is 8.54. The maximum absolute atomic E-state index is 3.03. The summed E-state index contributed by atoms with van der Waals surface area (Å²) in [6.45, 7) is 0. The number of nitrogens with zero attached hydrogens (tertiary/aromatic N) is 2. The number of para-hydroxylation sites is 1. The standard InChI is InChI=1S/C10H10N2Se/c1-11-8-7-10(13)12(11)9-5-3-2-4-6-9/h2-8H,1H3. The fourth-order valence-electron chi connectivity index (χ4n) is 1.34. The number of hydrogen-bond donors (Lipinski definition) is 0. The van der Waals surface area contributed by atoms with Crippen LogP contribution in [0.2, 0.25) is 0 Å². The molecule has 2 aromatic rings. The van der Waals surface area contributed by atoms with E-state index in [0.29, 0.717) is 0 Å². The zero-order chi connectivity index (χ0) is 9.26. The van der Waals surface area contributed by atoms with E-state index >= 15 is 0 Å². The van der Waals surface area contributed by atoms with E-state index in [1.54, 1.807) is 0 Å². The van der Waals surface area contributed by atoms with Gasteiger partial charge >= 0.3 is 84.5 Å². The van der Waals surface area contributed by atoms with Crippen molar-refractivity contribution in [2.45, 2.75) is 0 Å². The molecule has 2 rings (SSSR count). The third-order valence-electron chi connectivity index (χ3n) is 1.96. The minimum absolute atomic E-state index is 1.12. The third kappa shape index (κ3) is 1.53. The number of hydrogen-bond acceptors (Lipinski definition) is 0. The molecule has 0 N–H and O–H groups in total. The summed E-state index contributed by atoms with van der Waals surface area (Å²) >= 11 is 3.03. The van der Waals surface area contributed by atoms with Gasteiger partial charge in [-0.3, -0.25) is 0 Å². The normalized spacial score (nSPS) is 10.2. The van der Waals surface area contributed by atoms with Gasteiger partial charge in [0.25, 0.3) is 0 Å². The van der Waals surface area contributed by atoms with Crippen molar-refractivity contribution in [1.29, 1.82) is 0 Å². The van der Waals surface area contributed by atoms with Crippen LogP contribution in [0.5, 0.6) is 0 Å². The van der Waals surface area contributed by atoms with Gasteiger partial charge in [-0.15, -0.1) is 0 Å². The Balaban J connectivity index is 2.65. The Morgan fingerprint density at radius 2 is 1.77 bits per heavy atom. The zero-order valence-corrected chi connectivity index (χ0v) is 9.06. The van der Waals surface area contributed by atoms with Crippen LogP contribution in [0.4, 0.5) is 0 Å². The zero-order valence-electron chi connectivity index (χ0n) is 7.34. The predicted molar refractivity (Wildman–Crippen MR) is 53.7 cm³/mol. The van der Waals surface area contributed by atoms with E-state index in [1.807, 2.05) is 42.2 Å². The second-order valence-electron chi connectivity index (χ2n) is 2.87. The summed E-state index contributed by atoms with van der Waals surface area (Å²) in [5, 5.41) is 0. The van der Waals surface area contributed by atoms with Crippen molar-refractivity contribution < 1.29 is 0 Å². The molecule has 0 radical (unpaired) electrons. The van der Waals surface area contributed by atoms with Crippen LogP contribution in [0.25, 0.3) is 5.69 Å². The monoisotopic (exact) mass is 238 g/mol. The molecule has 0 bridgehead atoms. The molecule has 1 aromatic heterocycles. The van der Waals surface area contributed by atoms with Crippen LogP contribution in [0, 0.1) is 4.19 Å². The molecule has 2 nitrogen and oxygen atoms in total. The fourth-order valence-corrected chi connectivity index (χ4v) is 1.96. The molecule has 0 unspecified atom stereocenters. The predicted octanol–water partition coefficient (Wildman–Crippen LogP) is 1.52. The van der Waals surface area contributed by atoms with Crippen LogP contribution in [-0.4, -0.2) is 24.9 Å². The summed E-state index contributed by atoms with van der Waals surface area (Å²) in [5.41, 5.74) is 1.17. The van der Waals surface area contributed by atoms with E-state index in [1.165, 1.54) is 5.69 Å². The van der Waals surface area contributed by atoms with Crippen molar-refractivity contribution in [3.05, 3.63) is 46.8 Å². The maximum atomic E-state index is 3.03. The van der Waals surface area contributed by atoms with Gasteiger partial charge in [-0.25, -0.2) is 0 Å². The van der Waals surface area contributed by atoms with Crippen molar-refractivity contribution in [2.24, 2.45) is 7.05 Å². The van der Waals surface area contributed by atoms with Crippen LogP contribution < -0.4 is 0 Å². The van der Waals surface area contributed by atoms with Gasteiger partial charge in [0.2, 0.25) is 0 Å². The first-order valence-electron chi connectivity index (χ1n) is 4.09. The third-order valence-corrected chi connectivity index (χ3v) is 2.61. The Labute approximate surface area is 84.8 Å². The molecular formula is C10H10N2Se. The molecule has 0 aliphatic carbocycles. The van der Waals surface area contributed by atoms with Gasteiger partial charge in [-0.05, 0) is 0 Å². The Morgan fingerprint density at radius 1 is 1.08 bits per heavy atom. The number of aromatic nitrogens is 2. The van der Waals surface area contributed by atoms with Crippen molar-refractivity contribution in [1.82, 2.24) is 9.36 Å². The summed E-state index contributed by atoms with van der Waals surface area (Å²) in [5.74, 6) is 0. The summed E-state index contributed by atoms with van der Waals surface area (Å²) in [7, 11) is 2.02. The molecule has 0 aliphatic rings. The Morgan fingerprint density at radius 3 is 2.31 bits per heavy atom. The molecule has 0 aliphatic heterocycles. The van der Waals surface area contributed by atoms with Crippen LogP contribution >= 0.6 is 0 Å². The van der Waals surface area contributed by atoms with Gasteiger partial charge in [-0.2, -0.15) is 0 Å². The second-order valence-corrected chi connectivity index (χ2v) is 3.75. The first-order valence-corrected chi connectivity index (χ1v) is 4.95. The van der Waals surface area contributed by atoms with Crippen molar-refractivity contribution in [3.63, 3.8) is 0 Å². The minimum atomic E-state index is 1.12. The summed E-state index contributed by atoms with van der Waals surface area (Å²) in [6.07, 6.45) is 2.03. The average molecular weight is 237 g/mol. The fraction of sp³-hybridized carbons (Fsp3) is 0.100. The van der Waals surface area contributed by atoms with Crippen LogP contribution in [0.1, 0.15) is 0 Å².